The lowest BCUT2D eigenvalue weighted by Gasteiger charge is -2.12. The minimum Gasteiger partial charge on any atom is -0.493 e. The third-order valence-corrected chi connectivity index (χ3v) is 4.00. The van der Waals surface area contributed by atoms with Gasteiger partial charge in [0, 0.05) is 10.9 Å². The van der Waals surface area contributed by atoms with Crippen molar-refractivity contribution in [2.24, 2.45) is 0 Å². The molecule has 136 valence electrons. The normalized spacial score (nSPS) is 12.8. The zero-order chi connectivity index (χ0) is 18.9. The van der Waals surface area contributed by atoms with Gasteiger partial charge in [0.1, 0.15) is 5.76 Å². The number of methoxy groups -OCH3 is 1. The van der Waals surface area contributed by atoms with E-state index in [0.29, 0.717) is 17.1 Å². The third kappa shape index (κ3) is 3.51. The average Bonchev–Trinajstić information content (AvgIpc) is 3.05. The predicted octanol–water partition coefficient (Wildman–Crippen LogP) is 4.95. The van der Waals surface area contributed by atoms with Gasteiger partial charge in [0.2, 0.25) is 0 Å². The third-order valence-electron chi connectivity index (χ3n) is 4.00. The van der Waals surface area contributed by atoms with Gasteiger partial charge in [-0.1, -0.05) is 12.1 Å². The average molecular weight is 363 g/mol. The molecule has 1 aromatic heterocycles. The van der Waals surface area contributed by atoms with Gasteiger partial charge in [0.05, 0.1) is 18.7 Å². The van der Waals surface area contributed by atoms with Crippen LogP contribution in [0.2, 0.25) is 0 Å². The number of furan rings is 1. The van der Waals surface area contributed by atoms with E-state index in [0.717, 1.165) is 29.7 Å². The molecule has 3 rings (SSSR count). The number of rotatable bonds is 4. The van der Waals surface area contributed by atoms with E-state index in [1.807, 2.05) is 12.1 Å². The molecule has 2 aromatic carbocycles. The molecule has 0 saturated carbocycles. The number of para-hydroxylation sites is 1. The van der Waals surface area contributed by atoms with Crippen molar-refractivity contribution in [3.8, 4) is 5.75 Å². The number of hydrogen-bond donors (Lipinski definition) is 1. The van der Waals surface area contributed by atoms with Gasteiger partial charge in [-0.15, -0.1) is 0 Å². The lowest BCUT2D eigenvalue weighted by atomic mass is 10.1. The number of fused-ring (bicyclic) bond motifs is 1. The lowest BCUT2D eigenvalue weighted by Crippen LogP contribution is -2.26. The summed E-state index contributed by atoms with van der Waals surface area (Å²) in [6.45, 7) is 1.73. The van der Waals surface area contributed by atoms with Crippen LogP contribution in [0.4, 0.5) is 13.2 Å². The van der Waals surface area contributed by atoms with E-state index >= 15 is 0 Å². The number of hydrogen-bond acceptors (Lipinski definition) is 3. The minimum absolute atomic E-state index is 0.138. The molecule has 0 bridgehead atoms. The van der Waals surface area contributed by atoms with E-state index in [2.05, 4.69) is 5.32 Å². The van der Waals surface area contributed by atoms with Gasteiger partial charge in [-0.3, -0.25) is 4.79 Å². The fourth-order valence-electron chi connectivity index (χ4n) is 2.59. The highest BCUT2D eigenvalue weighted by atomic mass is 19.4. The first kappa shape index (κ1) is 17.8. The Bertz CT molecular complexity index is 929. The van der Waals surface area contributed by atoms with Gasteiger partial charge >= 0.3 is 6.18 Å². The van der Waals surface area contributed by atoms with Crippen molar-refractivity contribution in [2.75, 3.05) is 7.11 Å². The van der Waals surface area contributed by atoms with Gasteiger partial charge in [0.25, 0.3) is 5.91 Å². The molecule has 1 N–H and O–H groups in total. The molecule has 1 heterocycles. The first-order chi connectivity index (χ1) is 12.3. The number of halogens is 3. The van der Waals surface area contributed by atoms with Crippen LogP contribution in [0.15, 0.2) is 52.9 Å². The Kier molecular flexibility index (Phi) is 4.63. The molecule has 0 aliphatic rings. The van der Waals surface area contributed by atoms with E-state index < -0.39 is 23.7 Å². The van der Waals surface area contributed by atoms with E-state index in [1.54, 1.807) is 19.1 Å². The second kappa shape index (κ2) is 6.74. The Balaban J connectivity index is 1.77. The fourth-order valence-corrected chi connectivity index (χ4v) is 2.59. The van der Waals surface area contributed by atoms with Crippen LogP contribution in [0.5, 0.6) is 5.75 Å². The summed E-state index contributed by atoms with van der Waals surface area (Å²) in [6, 6.07) is 10.8. The van der Waals surface area contributed by atoms with Gasteiger partial charge in [0.15, 0.2) is 11.3 Å². The molecule has 0 fully saturated rings. The largest absolute Gasteiger partial charge is 0.493 e. The Morgan fingerprint density at radius 1 is 1.15 bits per heavy atom. The van der Waals surface area contributed by atoms with Crippen LogP contribution >= 0.6 is 0 Å². The second-order valence-electron chi connectivity index (χ2n) is 5.80. The smallest absolute Gasteiger partial charge is 0.416 e. The molecule has 1 unspecified atom stereocenters. The summed E-state index contributed by atoms with van der Waals surface area (Å²) in [4.78, 5) is 12.3. The zero-order valence-corrected chi connectivity index (χ0v) is 14.1. The van der Waals surface area contributed by atoms with Crippen molar-refractivity contribution < 1.29 is 27.1 Å². The standard InChI is InChI=1S/C19H16F3NO3/c1-11(16-10-13-4-3-5-15(25-2)17(13)26-16)23-18(24)12-6-8-14(9-7-12)19(20,21)22/h3-11H,1-2H3,(H,23,24). The second-order valence-corrected chi connectivity index (χ2v) is 5.80. The monoisotopic (exact) mass is 363 g/mol. The Hall–Kier alpha value is -2.96. The van der Waals surface area contributed by atoms with Crippen LogP contribution < -0.4 is 10.1 Å². The predicted molar refractivity (Wildman–Crippen MR) is 90.1 cm³/mol. The number of carbonyl (C=O) groups excluding carboxylic acids is 1. The highest BCUT2D eigenvalue weighted by Gasteiger charge is 2.30. The highest BCUT2D eigenvalue weighted by molar-refractivity contribution is 5.94. The van der Waals surface area contributed by atoms with Crippen LogP contribution in [0.25, 0.3) is 11.0 Å². The molecule has 4 nitrogen and oxygen atoms in total. The molecule has 0 aliphatic heterocycles. The minimum atomic E-state index is -4.43. The van der Waals surface area contributed by atoms with Crippen molar-refractivity contribution in [1.82, 2.24) is 5.32 Å². The number of carbonyl (C=O) groups is 1. The summed E-state index contributed by atoms with van der Waals surface area (Å²) in [6.07, 6.45) is -4.43. The molecule has 0 aliphatic carbocycles. The van der Waals surface area contributed by atoms with Crippen LogP contribution in [-0.4, -0.2) is 13.0 Å². The summed E-state index contributed by atoms with van der Waals surface area (Å²) in [5.74, 6) is 0.610. The summed E-state index contributed by atoms with van der Waals surface area (Å²) in [5, 5.41) is 3.54. The first-order valence-electron chi connectivity index (χ1n) is 7.84. The summed E-state index contributed by atoms with van der Waals surface area (Å²) >= 11 is 0. The SMILES string of the molecule is COc1cccc2cc(C(C)NC(=O)c3ccc(C(F)(F)F)cc3)oc12. The number of benzene rings is 2. The Morgan fingerprint density at radius 2 is 1.85 bits per heavy atom. The highest BCUT2D eigenvalue weighted by Crippen LogP contribution is 2.31. The summed E-state index contributed by atoms with van der Waals surface area (Å²) in [5.41, 5.74) is -0.0920. The fraction of sp³-hybridized carbons (Fsp3) is 0.211. The van der Waals surface area contributed by atoms with Gasteiger partial charge in [-0.25, -0.2) is 0 Å². The Morgan fingerprint density at radius 3 is 2.46 bits per heavy atom. The first-order valence-corrected chi connectivity index (χ1v) is 7.84. The van der Waals surface area contributed by atoms with Crippen molar-refractivity contribution in [1.29, 1.82) is 0 Å². The van der Waals surface area contributed by atoms with Gasteiger partial charge in [-0.2, -0.15) is 13.2 Å². The van der Waals surface area contributed by atoms with Gasteiger partial charge in [-0.05, 0) is 43.3 Å². The number of ether oxygens (including phenoxy) is 1. The molecule has 0 spiro atoms. The lowest BCUT2D eigenvalue weighted by molar-refractivity contribution is -0.137. The van der Waals surface area contributed by atoms with Crippen LogP contribution in [0.3, 0.4) is 0 Å². The van der Waals surface area contributed by atoms with Crippen LogP contribution in [-0.2, 0) is 6.18 Å². The molecule has 26 heavy (non-hydrogen) atoms. The topological polar surface area (TPSA) is 51.5 Å². The van der Waals surface area contributed by atoms with Crippen molar-refractivity contribution >= 4 is 16.9 Å². The maximum absolute atomic E-state index is 12.6. The maximum atomic E-state index is 12.6. The molecule has 0 saturated heterocycles. The van der Waals surface area contributed by atoms with Crippen molar-refractivity contribution in [2.45, 2.75) is 19.1 Å². The maximum Gasteiger partial charge on any atom is 0.416 e. The van der Waals surface area contributed by atoms with Gasteiger partial charge < -0.3 is 14.5 Å². The molecule has 3 aromatic rings. The molecule has 7 heteroatoms. The summed E-state index contributed by atoms with van der Waals surface area (Å²) < 4.78 is 48.8. The molecule has 1 amide bonds. The molecular formula is C19H16F3NO3. The summed E-state index contributed by atoms with van der Waals surface area (Å²) in [7, 11) is 1.53. The molecular weight excluding hydrogens is 347 g/mol. The van der Waals surface area contributed by atoms with Crippen LogP contribution in [0.1, 0.15) is 34.6 Å². The molecule has 0 radical (unpaired) electrons. The molecule has 1 atom stereocenters. The number of nitrogens with one attached hydrogen (secondary N) is 1. The van der Waals surface area contributed by atoms with Crippen molar-refractivity contribution in [3.05, 3.63) is 65.4 Å². The van der Waals surface area contributed by atoms with Crippen molar-refractivity contribution in [3.63, 3.8) is 0 Å². The van der Waals surface area contributed by atoms with E-state index in [1.165, 1.54) is 7.11 Å². The zero-order valence-electron chi connectivity index (χ0n) is 14.1. The van der Waals surface area contributed by atoms with E-state index in [-0.39, 0.29) is 5.56 Å². The van der Waals surface area contributed by atoms with Crippen LogP contribution in [0, 0.1) is 0 Å². The Labute approximate surface area is 147 Å². The number of amides is 1. The van der Waals surface area contributed by atoms with E-state index in [4.69, 9.17) is 9.15 Å². The number of alkyl halides is 3. The van der Waals surface area contributed by atoms with E-state index in [9.17, 15) is 18.0 Å². The quantitative estimate of drug-likeness (QED) is 0.713.